The highest BCUT2D eigenvalue weighted by Gasteiger charge is 2.59. The van der Waals surface area contributed by atoms with Crippen LogP contribution in [-0.4, -0.2) is 57.0 Å². The van der Waals surface area contributed by atoms with Gasteiger partial charge < -0.3 is 9.64 Å². The van der Waals surface area contributed by atoms with Crippen molar-refractivity contribution in [3.05, 3.63) is 24.3 Å². The number of sulfonamides is 1. The molecule has 1 atom stereocenters. The van der Waals surface area contributed by atoms with E-state index < -0.39 is 10.0 Å². The van der Waals surface area contributed by atoms with Crippen LogP contribution in [0.1, 0.15) is 12.8 Å². The molecule has 0 bridgehead atoms. The molecule has 2 fully saturated rings. The normalized spacial score (nSPS) is 25.6. The third-order valence-corrected chi connectivity index (χ3v) is 6.39. The average molecular weight is 296 g/mol. The molecule has 5 nitrogen and oxygen atoms in total. The van der Waals surface area contributed by atoms with Crippen molar-refractivity contribution < 1.29 is 13.2 Å². The molecule has 2 aliphatic heterocycles. The summed E-state index contributed by atoms with van der Waals surface area (Å²) in [7, 11) is 0.295. The maximum Gasteiger partial charge on any atom is 0.243 e. The third kappa shape index (κ3) is 2.21. The fourth-order valence-corrected chi connectivity index (χ4v) is 4.73. The van der Waals surface area contributed by atoms with Gasteiger partial charge in [-0.25, -0.2) is 8.42 Å². The summed E-state index contributed by atoms with van der Waals surface area (Å²) in [6, 6.07) is 6.62. The summed E-state index contributed by atoms with van der Waals surface area (Å²) in [6.45, 7) is 2.60. The lowest BCUT2D eigenvalue weighted by Crippen LogP contribution is -2.38. The molecule has 3 rings (SSSR count). The predicted octanol–water partition coefficient (Wildman–Crippen LogP) is 1.16. The molecular formula is C14H20N2O3S. The SMILES string of the molecule is COc1ccc(S(=O)(=O)N2CC23CCN(C)CC3)cc1. The molecule has 2 saturated heterocycles. The van der Waals surface area contributed by atoms with Gasteiger partial charge in [0.15, 0.2) is 0 Å². The summed E-state index contributed by atoms with van der Waals surface area (Å²) in [5.74, 6) is 0.670. The first-order valence-corrected chi connectivity index (χ1v) is 8.27. The van der Waals surface area contributed by atoms with Gasteiger partial charge in [-0.3, -0.25) is 0 Å². The summed E-state index contributed by atoms with van der Waals surface area (Å²) in [5.41, 5.74) is -0.120. The lowest BCUT2D eigenvalue weighted by molar-refractivity contribution is 0.227. The van der Waals surface area contributed by atoms with E-state index in [9.17, 15) is 8.42 Å². The molecule has 20 heavy (non-hydrogen) atoms. The summed E-state index contributed by atoms with van der Waals surface area (Å²) >= 11 is 0. The van der Waals surface area contributed by atoms with Gasteiger partial charge in [-0.1, -0.05) is 0 Å². The van der Waals surface area contributed by atoms with Crippen molar-refractivity contribution in [2.24, 2.45) is 0 Å². The van der Waals surface area contributed by atoms with Gasteiger partial charge in [0.2, 0.25) is 10.0 Å². The van der Waals surface area contributed by atoms with Crippen molar-refractivity contribution in [3.63, 3.8) is 0 Å². The number of benzene rings is 1. The van der Waals surface area contributed by atoms with E-state index in [1.54, 1.807) is 35.7 Å². The fraction of sp³-hybridized carbons (Fsp3) is 0.571. The zero-order chi connectivity index (χ0) is 14.4. The summed E-state index contributed by atoms with van der Waals surface area (Å²) < 4.78 is 32.0. The number of hydrogen-bond donors (Lipinski definition) is 0. The molecule has 2 heterocycles. The van der Waals surface area contributed by atoms with Crippen LogP contribution < -0.4 is 4.74 Å². The van der Waals surface area contributed by atoms with Crippen LogP contribution in [0.15, 0.2) is 29.2 Å². The standard InChI is InChI=1S/C14H20N2O3S/c1-15-9-7-14(8-10-15)11-16(14)20(17,18)13-5-3-12(19-2)4-6-13/h3-6H,7-11H2,1-2H3. The van der Waals surface area contributed by atoms with Crippen LogP contribution in [0, 0.1) is 0 Å². The lowest BCUT2D eigenvalue weighted by Gasteiger charge is -2.29. The molecule has 1 spiro atoms. The highest BCUT2D eigenvalue weighted by Crippen LogP contribution is 2.45. The minimum Gasteiger partial charge on any atom is -0.497 e. The van der Waals surface area contributed by atoms with Crippen LogP contribution in [0.25, 0.3) is 0 Å². The van der Waals surface area contributed by atoms with Gasteiger partial charge in [0.1, 0.15) is 5.75 Å². The van der Waals surface area contributed by atoms with E-state index in [2.05, 4.69) is 11.9 Å². The number of ether oxygens (including phenoxy) is 1. The molecule has 2 aliphatic rings. The number of methoxy groups -OCH3 is 1. The molecule has 1 unspecified atom stereocenters. The van der Waals surface area contributed by atoms with Gasteiger partial charge in [-0.2, -0.15) is 4.31 Å². The Bertz CT molecular complexity index is 589. The molecule has 0 aliphatic carbocycles. The maximum atomic E-state index is 12.6. The minimum absolute atomic E-state index is 0.120. The van der Waals surface area contributed by atoms with E-state index in [1.807, 2.05) is 0 Å². The van der Waals surface area contributed by atoms with Crippen LogP contribution in [0.2, 0.25) is 0 Å². The highest BCUT2D eigenvalue weighted by molar-refractivity contribution is 7.89. The van der Waals surface area contributed by atoms with Gasteiger partial charge >= 0.3 is 0 Å². The minimum atomic E-state index is -3.36. The molecule has 6 heteroatoms. The Labute approximate surface area is 120 Å². The van der Waals surface area contributed by atoms with E-state index in [4.69, 9.17) is 4.74 Å². The Morgan fingerprint density at radius 1 is 1.15 bits per heavy atom. The van der Waals surface area contributed by atoms with Crippen molar-refractivity contribution in [2.45, 2.75) is 23.3 Å². The Morgan fingerprint density at radius 2 is 1.75 bits per heavy atom. The first-order chi connectivity index (χ1) is 9.48. The lowest BCUT2D eigenvalue weighted by atomic mass is 9.97. The number of likely N-dealkylation sites (tertiary alicyclic amines) is 1. The molecular weight excluding hydrogens is 276 g/mol. The van der Waals surface area contributed by atoms with E-state index in [-0.39, 0.29) is 5.54 Å². The second kappa shape index (κ2) is 4.72. The first-order valence-electron chi connectivity index (χ1n) is 6.83. The van der Waals surface area contributed by atoms with Crippen molar-refractivity contribution in [2.75, 3.05) is 33.8 Å². The fourth-order valence-electron chi connectivity index (χ4n) is 2.89. The van der Waals surface area contributed by atoms with E-state index in [0.29, 0.717) is 17.2 Å². The first kappa shape index (κ1) is 13.9. The van der Waals surface area contributed by atoms with Gasteiger partial charge in [-0.05, 0) is 57.2 Å². The van der Waals surface area contributed by atoms with Crippen LogP contribution in [0.4, 0.5) is 0 Å². The topological polar surface area (TPSA) is 49.6 Å². The Kier molecular flexibility index (Phi) is 3.27. The van der Waals surface area contributed by atoms with Gasteiger partial charge in [-0.15, -0.1) is 0 Å². The van der Waals surface area contributed by atoms with Crippen LogP contribution >= 0.6 is 0 Å². The molecule has 0 saturated carbocycles. The zero-order valence-electron chi connectivity index (χ0n) is 11.9. The third-order valence-electron chi connectivity index (χ3n) is 4.43. The van der Waals surface area contributed by atoms with E-state index in [1.165, 1.54) is 0 Å². The summed E-state index contributed by atoms with van der Waals surface area (Å²) in [4.78, 5) is 2.61. The largest absolute Gasteiger partial charge is 0.497 e. The molecule has 0 aromatic heterocycles. The molecule has 1 aromatic rings. The number of rotatable bonds is 3. The smallest absolute Gasteiger partial charge is 0.243 e. The zero-order valence-corrected chi connectivity index (χ0v) is 12.7. The van der Waals surface area contributed by atoms with Crippen molar-refractivity contribution in [1.82, 2.24) is 9.21 Å². The molecule has 1 aromatic carbocycles. The Hall–Kier alpha value is -1.11. The second-order valence-corrected chi connectivity index (χ2v) is 7.58. The molecule has 0 radical (unpaired) electrons. The van der Waals surface area contributed by atoms with Gasteiger partial charge in [0.05, 0.1) is 17.5 Å². The summed E-state index contributed by atoms with van der Waals surface area (Å²) in [5, 5.41) is 0. The number of piperidine rings is 1. The summed E-state index contributed by atoms with van der Waals surface area (Å²) in [6.07, 6.45) is 1.86. The monoisotopic (exact) mass is 296 g/mol. The van der Waals surface area contributed by atoms with E-state index >= 15 is 0 Å². The number of hydrogen-bond acceptors (Lipinski definition) is 4. The molecule has 110 valence electrons. The number of nitrogens with zero attached hydrogens (tertiary/aromatic N) is 2. The van der Waals surface area contributed by atoms with Crippen LogP contribution in [0.5, 0.6) is 5.75 Å². The molecule has 0 amide bonds. The highest BCUT2D eigenvalue weighted by atomic mass is 32.2. The maximum absolute atomic E-state index is 12.6. The van der Waals surface area contributed by atoms with Gasteiger partial charge in [0.25, 0.3) is 0 Å². The van der Waals surface area contributed by atoms with Crippen molar-refractivity contribution in [3.8, 4) is 5.75 Å². The van der Waals surface area contributed by atoms with Crippen molar-refractivity contribution in [1.29, 1.82) is 0 Å². The quantitative estimate of drug-likeness (QED) is 0.786. The predicted molar refractivity (Wildman–Crippen MR) is 76.3 cm³/mol. The molecule has 0 N–H and O–H groups in total. The van der Waals surface area contributed by atoms with Crippen LogP contribution in [0.3, 0.4) is 0 Å². The van der Waals surface area contributed by atoms with E-state index in [0.717, 1.165) is 25.9 Å². The Balaban J connectivity index is 1.79. The average Bonchev–Trinajstić information content (AvgIpc) is 3.18. The second-order valence-electron chi connectivity index (χ2n) is 5.71. The van der Waals surface area contributed by atoms with Crippen molar-refractivity contribution >= 4 is 10.0 Å². The van der Waals surface area contributed by atoms with Crippen LogP contribution in [-0.2, 0) is 10.0 Å². The Morgan fingerprint density at radius 3 is 2.30 bits per heavy atom. The van der Waals surface area contributed by atoms with Gasteiger partial charge in [0, 0.05) is 6.54 Å².